The Balaban J connectivity index is 1.19. The van der Waals surface area contributed by atoms with Crippen molar-refractivity contribution in [2.45, 2.75) is 19.3 Å². The van der Waals surface area contributed by atoms with E-state index in [4.69, 9.17) is 0 Å². The number of nitrogens with zero attached hydrogens (tertiary/aromatic N) is 2. The molecule has 0 bridgehead atoms. The van der Waals surface area contributed by atoms with Crippen molar-refractivity contribution >= 4 is 17.5 Å². The van der Waals surface area contributed by atoms with Crippen LogP contribution in [0.25, 0.3) is 0 Å². The van der Waals surface area contributed by atoms with Crippen molar-refractivity contribution in [1.82, 2.24) is 15.8 Å². The first kappa shape index (κ1) is 23.5. The number of rotatable bonds is 8. The molecule has 6 heteroatoms. The highest BCUT2D eigenvalue weighted by Gasteiger charge is 2.18. The summed E-state index contributed by atoms with van der Waals surface area (Å²) in [6, 6.07) is 28.2. The molecule has 1 saturated heterocycles. The third kappa shape index (κ3) is 6.68. The van der Waals surface area contributed by atoms with E-state index in [1.54, 1.807) is 6.07 Å². The predicted octanol–water partition coefficient (Wildman–Crippen LogP) is 3.45. The van der Waals surface area contributed by atoms with Crippen LogP contribution >= 0.6 is 0 Å². The van der Waals surface area contributed by atoms with Crippen molar-refractivity contribution in [3.63, 3.8) is 0 Å². The first-order chi connectivity index (χ1) is 16.7. The number of carbonyl (C=O) groups is 2. The molecular weight excluding hydrogens is 424 g/mol. The van der Waals surface area contributed by atoms with Gasteiger partial charge >= 0.3 is 0 Å². The Morgan fingerprint density at radius 3 is 2.09 bits per heavy atom. The Kier molecular flexibility index (Phi) is 8.30. The molecule has 2 amide bonds. The first-order valence-electron chi connectivity index (χ1n) is 11.9. The zero-order valence-corrected chi connectivity index (χ0v) is 19.5. The average molecular weight is 457 g/mol. The minimum atomic E-state index is -0.284. The zero-order chi connectivity index (χ0) is 23.6. The lowest BCUT2D eigenvalue weighted by Crippen LogP contribution is -2.48. The Hall–Kier alpha value is -3.64. The lowest BCUT2D eigenvalue weighted by atomic mass is 9.99. The number of carbonyl (C=O) groups excluding carboxylic acids is 2. The topological polar surface area (TPSA) is 64.7 Å². The van der Waals surface area contributed by atoms with Crippen LogP contribution in [0.4, 0.5) is 5.69 Å². The fraction of sp³-hybridized carbons (Fsp3) is 0.286. The maximum atomic E-state index is 12.7. The van der Waals surface area contributed by atoms with E-state index in [0.717, 1.165) is 44.6 Å². The number of hydrogen-bond donors (Lipinski definition) is 2. The number of anilines is 1. The van der Waals surface area contributed by atoms with Crippen molar-refractivity contribution < 1.29 is 9.59 Å². The third-order valence-electron chi connectivity index (χ3n) is 6.25. The van der Waals surface area contributed by atoms with Crippen molar-refractivity contribution in [2.75, 3.05) is 37.6 Å². The molecule has 1 heterocycles. The molecule has 1 aliphatic heterocycles. The molecule has 0 saturated carbocycles. The minimum Gasteiger partial charge on any atom is -0.369 e. The second kappa shape index (κ2) is 12.0. The van der Waals surface area contributed by atoms with Gasteiger partial charge in [0, 0.05) is 50.4 Å². The smallest absolute Gasteiger partial charge is 0.269 e. The van der Waals surface area contributed by atoms with Crippen LogP contribution in [0.1, 0.15) is 27.9 Å². The molecule has 0 atom stereocenters. The summed E-state index contributed by atoms with van der Waals surface area (Å²) in [5, 5.41) is 0. The lowest BCUT2D eigenvalue weighted by molar-refractivity contribution is -0.122. The van der Waals surface area contributed by atoms with Crippen LogP contribution in [0.5, 0.6) is 0 Å². The number of hydrazine groups is 1. The maximum Gasteiger partial charge on any atom is 0.269 e. The molecule has 3 aromatic rings. The van der Waals surface area contributed by atoms with E-state index in [2.05, 4.69) is 57.0 Å². The maximum absolute atomic E-state index is 12.7. The monoisotopic (exact) mass is 456 g/mol. The highest BCUT2D eigenvalue weighted by atomic mass is 16.2. The summed E-state index contributed by atoms with van der Waals surface area (Å²) in [4.78, 5) is 29.7. The number of amides is 2. The quantitative estimate of drug-likeness (QED) is 0.510. The first-order valence-corrected chi connectivity index (χ1v) is 11.9. The molecular formula is C28H32N4O2. The molecule has 34 heavy (non-hydrogen) atoms. The zero-order valence-electron chi connectivity index (χ0n) is 19.5. The third-order valence-corrected chi connectivity index (χ3v) is 6.25. The standard InChI is InChI=1S/C28H32N4O2/c33-27(17-18-31-19-21-32(22-20-31)25-12-5-2-6-13-25)29-30-28(34)26-14-8-7-11-24(26)16-15-23-9-3-1-4-10-23/h1-14H,15-22H2,(H,29,33)(H,30,34). The van der Waals surface area contributed by atoms with Crippen molar-refractivity contribution in [3.8, 4) is 0 Å². The molecule has 2 N–H and O–H groups in total. The summed E-state index contributed by atoms with van der Waals surface area (Å²) < 4.78 is 0. The van der Waals surface area contributed by atoms with Crippen LogP contribution in [0.3, 0.4) is 0 Å². The number of piperazine rings is 1. The summed E-state index contributed by atoms with van der Waals surface area (Å²) in [6.45, 7) is 4.41. The van der Waals surface area contributed by atoms with Crippen molar-refractivity contribution in [2.24, 2.45) is 0 Å². The molecule has 1 aliphatic rings. The Labute approximate surface area is 201 Å². The summed E-state index contributed by atoms with van der Waals surface area (Å²) in [6.07, 6.45) is 1.97. The Bertz CT molecular complexity index is 1060. The van der Waals surface area contributed by atoms with Gasteiger partial charge in [0.05, 0.1) is 0 Å². The number of nitrogens with one attached hydrogen (secondary N) is 2. The minimum absolute atomic E-state index is 0.180. The largest absolute Gasteiger partial charge is 0.369 e. The van der Waals surface area contributed by atoms with Crippen LogP contribution in [0.15, 0.2) is 84.9 Å². The van der Waals surface area contributed by atoms with E-state index in [1.807, 2.05) is 42.5 Å². The van der Waals surface area contributed by atoms with Crippen molar-refractivity contribution in [3.05, 3.63) is 102 Å². The molecule has 176 valence electrons. The lowest BCUT2D eigenvalue weighted by Gasteiger charge is -2.36. The predicted molar refractivity (Wildman–Crippen MR) is 136 cm³/mol. The molecule has 3 aromatic carbocycles. The average Bonchev–Trinajstić information content (AvgIpc) is 2.91. The summed E-state index contributed by atoms with van der Waals surface area (Å²) in [5.74, 6) is -0.464. The molecule has 0 aromatic heterocycles. The Morgan fingerprint density at radius 2 is 1.35 bits per heavy atom. The molecule has 4 rings (SSSR count). The van der Waals surface area contributed by atoms with Gasteiger partial charge in [0.2, 0.25) is 5.91 Å². The molecule has 6 nitrogen and oxygen atoms in total. The van der Waals surface area contributed by atoms with E-state index in [9.17, 15) is 9.59 Å². The van der Waals surface area contributed by atoms with Gasteiger partial charge in [0.15, 0.2) is 0 Å². The van der Waals surface area contributed by atoms with Gasteiger partial charge < -0.3 is 4.90 Å². The second-order valence-corrected chi connectivity index (χ2v) is 8.56. The summed E-state index contributed by atoms with van der Waals surface area (Å²) >= 11 is 0. The normalized spacial score (nSPS) is 13.9. The van der Waals surface area contributed by atoms with Crippen LogP contribution < -0.4 is 15.8 Å². The van der Waals surface area contributed by atoms with Gasteiger partial charge in [-0.3, -0.25) is 25.3 Å². The molecule has 0 spiro atoms. The van der Waals surface area contributed by atoms with Gasteiger partial charge in [-0.05, 0) is 42.2 Å². The highest BCUT2D eigenvalue weighted by Crippen LogP contribution is 2.16. The number of aryl methyl sites for hydroxylation is 2. The van der Waals surface area contributed by atoms with Crippen LogP contribution in [0, 0.1) is 0 Å². The highest BCUT2D eigenvalue weighted by molar-refractivity contribution is 5.96. The van der Waals surface area contributed by atoms with Gasteiger partial charge in [0.25, 0.3) is 5.91 Å². The summed E-state index contributed by atoms with van der Waals surface area (Å²) in [7, 11) is 0. The van der Waals surface area contributed by atoms with Crippen LogP contribution in [0.2, 0.25) is 0 Å². The second-order valence-electron chi connectivity index (χ2n) is 8.56. The molecule has 0 radical (unpaired) electrons. The summed E-state index contributed by atoms with van der Waals surface area (Å²) in [5.41, 5.74) is 9.20. The van der Waals surface area contributed by atoms with Gasteiger partial charge in [-0.1, -0.05) is 66.7 Å². The van der Waals surface area contributed by atoms with E-state index in [-0.39, 0.29) is 11.8 Å². The number of hydrogen-bond acceptors (Lipinski definition) is 4. The Morgan fingerprint density at radius 1 is 0.706 bits per heavy atom. The number of para-hydroxylation sites is 1. The van der Waals surface area contributed by atoms with Gasteiger partial charge in [0.1, 0.15) is 0 Å². The molecule has 1 fully saturated rings. The van der Waals surface area contributed by atoms with E-state index in [1.165, 1.54) is 11.3 Å². The van der Waals surface area contributed by atoms with Crippen LogP contribution in [-0.4, -0.2) is 49.4 Å². The van der Waals surface area contributed by atoms with E-state index < -0.39 is 0 Å². The van der Waals surface area contributed by atoms with Gasteiger partial charge in [-0.2, -0.15) is 0 Å². The van der Waals surface area contributed by atoms with E-state index in [0.29, 0.717) is 18.5 Å². The fourth-order valence-corrected chi connectivity index (χ4v) is 4.27. The molecule has 0 aliphatic carbocycles. The van der Waals surface area contributed by atoms with E-state index >= 15 is 0 Å². The van der Waals surface area contributed by atoms with Gasteiger partial charge in [-0.25, -0.2) is 0 Å². The van der Waals surface area contributed by atoms with Crippen molar-refractivity contribution in [1.29, 1.82) is 0 Å². The fourth-order valence-electron chi connectivity index (χ4n) is 4.27. The molecule has 0 unspecified atom stereocenters. The van der Waals surface area contributed by atoms with Gasteiger partial charge in [-0.15, -0.1) is 0 Å². The van der Waals surface area contributed by atoms with Crippen LogP contribution in [-0.2, 0) is 17.6 Å². The number of benzene rings is 3. The SMILES string of the molecule is O=C(CCN1CCN(c2ccccc2)CC1)NNC(=O)c1ccccc1CCc1ccccc1.